The summed E-state index contributed by atoms with van der Waals surface area (Å²) in [6, 6.07) is 4.26. The van der Waals surface area contributed by atoms with Gasteiger partial charge >= 0.3 is 0 Å². The number of hydrogen-bond donors (Lipinski definition) is 1. The van der Waals surface area contributed by atoms with Crippen molar-refractivity contribution in [2.45, 2.75) is 19.8 Å². The molecule has 0 fully saturated rings. The van der Waals surface area contributed by atoms with Crippen LogP contribution in [-0.2, 0) is 7.05 Å². The minimum atomic E-state index is -0.587. The van der Waals surface area contributed by atoms with Crippen LogP contribution in [0.2, 0.25) is 0 Å². The summed E-state index contributed by atoms with van der Waals surface area (Å²) in [5.41, 5.74) is 1.42. The van der Waals surface area contributed by atoms with Gasteiger partial charge in [0, 0.05) is 19.2 Å². The number of ether oxygens (including phenoxy) is 2. The average Bonchev–Trinajstić information content (AvgIpc) is 2.90. The quantitative estimate of drug-likeness (QED) is 0.919. The Balaban J connectivity index is 2.31. The Morgan fingerprint density at radius 1 is 1.22 bits per heavy atom. The van der Waals surface area contributed by atoms with Gasteiger partial charge < -0.3 is 14.8 Å². The summed E-state index contributed by atoms with van der Waals surface area (Å²) in [4.78, 5) is 12.4. The van der Waals surface area contributed by atoms with Crippen LogP contribution in [-0.4, -0.2) is 29.9 Å². The Bertz CT molecular complexity index is 726. The van der Waals surface area contributed by atoms with E-state index >= 15 is 0 Å². The number of rotatable bonds is 5. The van der Waals surface area contributed by atoms with Crippen LogP contribution in [0.4, 0.5) is 10.1 Å². The van der Waals surface area contributed by atoms with Crippen molar-refractivity contribution in [3.63, 3.8) is 0 Å². The maximum absolute atomic E-state index is 13.9. The Kier molecular flexibility index (Phi) is 4.88. The van der Waals surface area contributed by atoms with E-state index in [4.69, 9.17) is 9.47 Å². The molecule has 0 aliphatic carbocycles. The van der Waals surface area contributed by atoms with E-state index in [1.807, 2.05) is 13.8 Å². The predicted molar refractivity (Wildman–Crippen MR) is 84.8 cm³/mol. The van der Waals surface area contributed by atoms with Crippen molar-refractivity contribution in [3.05, 3.63) is 35.4 Å². The molecule has 2 rings (SSSR count). The summed E-state index contributed by atoms with van der Waals surface area (Å²) in [7, 11) is 4.48. The number of carbonyl (C=O) groups is 1. The predicted octanol–water partition coefficient (Wildman–Crippen LogP) is 2.95. The van der Waals surface area contributed by atoms with Crippen molar-refractivity contribution in [2.75, 3.05) is 19.5 Å². The molecule has 0 saturated carbocycles. The second-order valence-electron chi connectivity index (χ2n) is 5.37. The molecule has 2 aromatic rings. The standard InChI is InChI=1S/C16H20FN3O3/c1-9(2)11-7-13(20(3)19-11)16(21)18-12-6-10(17)14(22-4)8-15(12)23-5/h6-9H,1-5H3,(H,18,21). The molecule has 6 nitrogen and oxygen atoms in total. The lowest BCUT2D eigenvalue weighted by Crippen LogP contribution is -2.16. The van der Waals surface area contributed by atoms with Gasteiger partial charge in [0.05, 0.1) is 25.6 Å². The topological polar surface area (TPSA) is 65.4 Å². The first-order chi connectivity index (χ1) is 10.9. The zero-order valence-electron chi connectivity index (χ0n) is 13.8. The third kappa shape index (κ3) is 3.44. The third-order valence-electron chi connectivity index (χ3n) is 3.45. The highest BCUT2D eigenvalue weighted by atomic mass is 19.1. The van der Waals surface area contributed by atoms with Crippen LogP contribution in [0, 0.1) is 5.82 Å². The lowest BCUT2D eigenvalue weighted by Gasteiger charge is -2.12. The molecule has 0 radical (unpaired) electrons. The second-order valence-corrected chi connectivity index (χ2v) is 5.37. The SMILES string of the molecule is COc1cc(OC)c(NC(=O)c2cc(C(C)C)nn2C)cc1F. The first kappa shape index (κ1) is 16.8. The maximum atomic E-state index is 13.9. The Hall–Kier alpha value is -2.57. The molecule has 0 unspecified atom stereocenters. The Labute approximate surface area is 134 Å². The fourth-order valence-electron chi connectivity index (χ4n) is 2.13. The monoisotopic (exact) mass is 321 g/mol. The molecule has 1 N–H and O–H groups in total. The number of anilines is 1. The number of hydrogen-bond acceptors (Lipinski definition) is 4. The van der Waals surface area contributed by atoms with Gasteiger partial charge in [-0.15, -0.1) is 0 Å². The minimum Gasteiger partial charge on any atom is -0.494 e. The number of benzene rings is 1. The summed E-state index contributed by atoms with van der Waals surface area (Å²) in [5.74, 6) is -0.424. The van der Waals surface area contributed by atoms with Gasteiger partial charge in [-0.05, 0) is 12.0 Å². The molecule has 0 saturated heterocycles. The second kappa shape index (κ2) is 6.68. The van der Waals surface area contributed by atoms with Crippen LogP contribution in [0.1, 0.15) is 35.9 Å². The Morgan fingerprint density at radius 3 is 2.39 bits per heavy atom. The molecule has 124 valence electrons. The fraction of sp³-hybridized carbons (Fsp3) is 0.375. The van der Waals surface area contributed by atoms with Crippen LogP contribution in [0.3, 0.4) is 0 Å². The summed E-state index contributed by atoms with van der Waals surface area (Å²) in [5, 5.41) is 6.93. The van der Waals surface area contributed by atoms with Crippen LogP contribution in [0.25, 0.3) is 0 Å². The normalized spacial score (nSPS) is 10.7. The van der Waals surface area contributed by atoms with E-state index in [2.05, 4.69) is 10.4 Å². The van der Waals surface area contributed by atoms with Crippen LogP contribution in [0.5, 0.6) is 11.5 Å². The molecule has 0 atom stereocenters. The molecule has 0 spiro atoms. The summed E-state index contributed by atoms with van der Waals surface area (Å²) in [6.07, 6.45) is 0. The molecule has 1 aromatic heterocycles. The van der Waals surface area contributed by atoms with Crippen molar-refractivity contribution in [1.82, 2.24) is 9.78 Å². The fourth-order valence-corrected chi connectivity index (χ4v) is 2.13. The number of aryl methyl sites for hydroxylation is 1. The number of carbonyl (C=O) groups excluding carboxylic acids is 1. The molecule has 1 heterocycles. The van der Waals surface area contributed by atoms with Gasteiger partial charge in [0.15, 0.2) is 11.6 Å². The van der Waals surface area contributed by atoms with E-state index in [1.54, 1.807) is 13.1 Å². The molecule has 23 heavy (non-hydrogen) atoms. The van der Waals surface area contributed by atoms with E-state index in [1.165, 1.54) is 25.0 Å². The third-order valence-corrected chi connectivity index (χ3v) is 3.45. The van der Waals surface area contributed by atoms with Crippen molar-refractivity contribution in [3.8, 4) is 11.5 Å². The van der Waals surface area contributed by atoms with Gasteiger partial charge in [0.2, 0.25) is 0 Å². The molecule has 1 aromatic carbocycles. The van der Waals surface area contributed by atoms with Crippen LogP contribution < -0.4 is 14.8 Å². The average molecular weight is 321 g/mol. The molecule has 1 amide bonds. The molecular weight excluding hydrogens is 301 g/mol. The molecule has 0 aliphatic rings. The zero-order valence-corrected chi connectivity index (χ0v) is 13.8. The van der Waals surface area contributed by atoms with Gasteiger partial charge in [0.25, 0.3) is 5.91 Å². The number of nitrogens with zero attached hydrogens (tertiary/aromatic N) is 2. The number of nitrogens with one attached hydrogen (secondary N) is 1. The highest BCUT2D eigenvalue weighted by molar-refractivity contribution is 6.04. The highest BCUT2D eigenvalue weighted by Crippen LogP contribution is 2.32. The van der Waals surface area contributed by atoms with Gasteiger partial charge in [0.1, 0.15) is 11.4 Å². The van der Waals surface area contributed by atoms with Gasteiger partial charge in [-0.3, -0.25) is 9.48 Å². The summed E-state index contributed by atoms with van der Waals surface area (Å²) in [6.45, 7) is 3.98. The molecule has 7 heteroatoms. The summed E-state index contributed by atoms with van der Waals surface area (Å²) < 4.78 is 25.4. The zero-order chi connectivity index (χ0) is 17.1. The molecule has 0 aliphatic heterocycles. The van der Waals surface area contributed by atoms with E-state index in [9.17, 15) is 9.18 Å². The number of aromatic nitrogens is 2. The lowest BCUT2D eigenvalue weighted by molar-refractivity contribution is 0.101. The van der Waals surface area contributed by atoms with Crippen molar-refractivity contribution in [2.24, 2.45) is 7.05 Å². The number of amides is 1. The van der Waals surface area contributed by atoms with E-state index in [-0.39, 0.29) is 17.4 Å². The summed E-state index contributed by atoms with van der Waals surface area (Å²) >= 11 is 0. The van der Waals surface area contributed by atoms with Gasteiger partial charge in [-0.1, -0.05) is 13.8 Å². The Morgan fingerprint density at radius 2 is 1.87 bits per heavy atom. The number of halogens is 1. The lowest BCUT2D eigenvalue weighted by atomic mass is 10.1. The largest absolute Gasteiger partial charge is 0.494 e. The van der Waals surface area contributed by atoms with Crippen molar-refractivity contribution < 1.29 is 18.7 Å². The minimum absolute atomic E-state index is 0.0440. The van der Waals surface area contributed by atoms with E-state index in [0.29, 0.717) is 11.4 Å². The van der Waals surface area contributed by atoms with E-state index < -0.39 is 11.7 Å². The highest BCUT2D eigenvalue weighted by Gasteiger charge is 2.18. The van der Waals surface area contributed by atoms with Crippen molar-refractivity contribution in [1.29, 1.82) is 0 Å². The first-order valence-corrected chi connectivity index (χ1v) is 7.14. The van der Waals surface area contributed by atoms with Crippen LogP contribution >= 0.6 is 0 Å². The first-order valence-electron chi connectivity index (χ1n) is 7.14. The van der Waals surface area contributed by atoms with Gasteiger partial charge in [-0.2, -0.15) is 5.10 Å². The molecular formula is C16H20FN3O3. The van der Waals surface area contributed by atoms with E-state index in [0.717, 1.165) is 11.8 Å². The van der Waals surface area contributed by atoms with Crippen LogP contribution in [0.15, 0.2) is 18.2 Å². The smallest absolute Gasteiger partial charge is 0.274 e. The van der Waals surface area contributed by atoms with Crippen molar-refractivity contribution >= 4 is 11.6 Å². The van der Waals surface area contributed by atoms with Gasteiger partial charge in [-0.25, -0.2) is 4.39 Å². The maximum Gasteiger partial charge on any atom is 0.274 e. The molecule has 0 bridgehead atoms. The number of methoxy groups -OCH3 is 2.